The Morgan fingerprint density at radius 2 is 2.00 bits per heavy atom. The van der Waals surface area contributed by atoms with E-state index >= 15 is 0 Å². The number of carbonyl (C=O) groups is 1. The molecule has 2 heterocycles. The first-order chi connectivity index (χ1) is 10.6. The fraction of sp³-hybridized carbons (Fsp3) is 0.118. The predicted octanol–water partition coefficient (Wildman–Crippen LogP) is -0.667. The van der Waals surface area contributed by atoms with Crippen molar-refractivity contribution in [3.8, 4) is 5.75 Å². The van der Waals surface area contributed by atoms with Gasteiger partial charge in [0.15, 0.2) is 0 Å². The summed E-state index contributed by atoms with van der Waals surface area (Å²) in [5.74, 6) is -1.13. The smallest absolute Gasteiger partial charge is 0.543 e. The Morgan fingerprint density at radius 1 is 1.26 bits per heavy atom. The Bertz CT molecular complexity index is 860. The summed E-state index contributed by atoms with van der Waals surface area (Å²) < 4.78 is 20.6. The maximum atomic E-state index is 13.5. The number of aryl methyl sites for hydroxylation is 1. The molecule has 1 aromatic carbocycles. The zero-order chi connectivity index (χ0) is 15.7. The Balaban J connectivity index is 0.00000192. The summed E-state index contributed by atoms with van der Waals surface area (Å²) in [4.78, 5) is 11.2. The molecule has 0 atom stereocenters. The molecular weight excluding hydrogens is 324 g/mol. The number of carbonyl (C=O) groups excluding carboxylic acids is 1. The number of pyridine rings is 1. The number of hydrogen-bond donors (Lipinski definition) is 0. The van der Waals surface area contributed by atoms with Crippen LogP contribution in [0.15, 0.2) is 48.7 Å². The number of aromatic carboxylic acids is 1. The maximum absolute atomic E-state index is 13.5. The van der Waals surface area contributed by atoms with Gasteiger partial charge in [-0.05, 0) is 36.8 Å². The first-order valence-corrected chi connectivity index (χ1v) is 6.75. The minimum atomic E-state index is -1.25. The van der Waals surface area contributed by atoms with Crippen LogP contribution < -0.4 is 61.2 Å². The van der Waals surface area contributed by atoms with E-state index in [-0.39, 0.29) is 69.5 Å². The molecule has 6 heteroatoms. The Kier molecular flexibility index (Phi) is 5.99. The fourth-order valence-electron chi connectivity index (χ4n) is 2.41. The summed E-state index contributed by atoms with van der Waals surface area (Å²) in [5, 5.41) is 11.2. The molecule has 0 aliphatic rings. The van der Waals surface area contributed by atoms with Gasteiger partial charge in [0.1, 0.15) is 18.2 Å². The van der Waals surface area contributed by atoms with E-state index in [2.05, 4.69) is 0 Å². The molecule has 0 spiro atoms. The monoisotopic (exact) mass is 337 g/mol. The molecule has 0 aliphatic heterocycles. The molecule has 0 radical (unpaired) electrons. The van der Waals surface area contributed by atoms with Crippen molar-refractivity contribution in [1.29, 1.82) is 0 Å². The van der Waals surface area contributed by atoms with Crippen molar-refractivity contribution in [3.05, 3.63) is 71.3 Å². The van der Waals surface area contributed by atoms with Gasteiger partial charge in [0, 0.05) is 11.1 Å². The van der Waals surface area contributed by atoms with Crippen LogP contribution >= 0.6 is 0 Å². The van der Waals surface area contributed by atoms with Crippen LogP contribution in [0.2, 0.25) is 0 Å². The average Bonchev–Trinajstić information content (AvgIpc) is 2.81. The topological polar surface area (TPSA) is 53.8 Å². The number of benzene rings is 1. The van der Waals surface area contributed by atoms with E-state index in [0.717, 1.165) is 5.52 Å². The van der Waals surface area contributed by atoms with Gasteiger partial charge in [-0.1, -0.05) is 18.2 Å². The standard InChI is InChI=1S/C17H14FNO3.K/c1-11-8-13-6-7-14(9-19(13)16(11)17(20)21)22-10-12-4-2-3-5-15(12)18;/h2-9H,10H2,1H3,(H,20,21);/q;+1/p-1. The van der Waals surface area contributed by atoms with E-state index < -0.39 is 5.97 Å². The largest absolute Gasteiger partial charge is 1.00 e. The van der Waals surface area contributed by atoms with E-state index in [1.54, 1.807) is 49.5 Å². The Hall–Kier alpha value is -1.18. The SMILES string of the molecule is Cc1cc2ccc(OCc3ccccc3F)cn2c1C(=O)[O-].[K+]. The number of ether oxygens (including phenoxy) is 1. The summed E-state index contributed by atoms with van der Waals surface area (Å²) in [6.45, 7) is 1.77. The van der Waals surface area contributed by atoms with Gasteiger partial charge in [0.25, 0.3) is 0 Å². The molecule has 23 heavy (non-hydrogen) atoms. The molecule has 112 valence electrons. The van der Waals surface area contributed by atoms with Crippen LogP contribution in [-0.2, 0) is 6.61 Å². The van der Waals surface area contributed by atoms with Gasteiger partial charge in [-0.15, -0.1) is 0 Å². The van der Waals surface area contributed by atoms with Crippen molar-refractivity contribution in [1.82, 2.24) is 4.40 Å². The van der Waals surface area contributed by atoms with Gasteiger partial charge in [-0.25, -0.2) is 4.39 Å². The van der Waals surface area contributed by atoms with Crippen molar-refractivity contribution in [2.75, 3.05) is 0 Å². The van der Waals surface area contributed by atoms with Gasteiger partial charge >= 0.3 is 51.4 Å². The number of rotatable bonds is 4. The summed E-state index contributed by atoms with van der Waals surface area (Å²) in [6, 6.07) is 11.6. The minimum absolute atomic E-state index is 0. The molecular formula is C17H13FKNO3. The van der Waals surface area contributed by atoms with E-state index in [4.69, 9.17) is 4.74 Å². The van der Waals surface area contributed by atoms with Gasteiger partial charge in [0.2, 0.25) is 0 Å². The molecule has 0 unspecified atom stereocenters. The second kappa shape index (κ2) is 7.59. The second-order valence-corrected chi connectivity index (χ2v) is 5.00. The van der Waals surface area contributed by atoms with E-state index in [1.165, 1.54) is 10.5 Å². The van der Waals surface area contributed by atoms with E-state index in [0.29, 0.717) is 16.9 Å². The molecule has 0 aliphatic carbocycles. The zero-order valence-corrected chi connectivity index (χ0v) is 16.0. The quantitative estimate of drug-likeness (QED) is 0.594. The number of nitrogens with zero attached hydrogens (tertiary/aromatic N) is 1. The third kappa shape index (κ3) is 3.84. The molecule has 0 bridgehead atoms. The van der Waals surface area contributed by atoms with Gasteiger partial charge in [0.05, 0.1) is 17.9 Å². The van der Waals surface area contributed by atoms with Crippen LogP contribution in [0.5, 0.6) is 5.75 Å². The fourth-order valence-corrected chi connectivity index (χ4v) is 2.41. The maximum Gasteiger partial charge on any atom is 1.00 e. The molecule has 0 amide bonds. The van der Waals surface area contributed by atoms with Crippen molar-refractivity contribution < 1.29 is 70.4 Å². The molecule has 0 saturated heterocycles. The van der Waals surface area contributed by atoms with Crippen LogP contribution in [0.1, 0.15) is 21.6 Å². The first kappa shape index (κ1) is 18.2. The number of aromatic nitrogens is 1. The molecule has 0 saturated carbocycles. The summed E-state index contributed by atoms with van der Waals surface area (Å²) in [5.41, 5.74) is 1.87. The van der Waals surface area contributed by atoms with Gasteiger partial charge < -0.3 is 19.0 Å². The molecule has 3 aromatic rings. The summed E-state index contributed by atoms with van der Waals surface area (Å²) >= 11 is 0. The van der Waals surface area contributed by atoms with Crippen LogP contribution in [0.3, 0.4) is 0 Å². The third-order valence-electron chi connectivity index (χ3n) is 3.48. The van der Waals surface area contributed by atoms with Gasteiger partial charge in [-0.2, -0.15) is 0 Å². The molecule has 4 nitrogen and oxygen atoms in total. The zero-order valence-electron chi connectivity index (χ0n) is 12.9. The molecule has 0 N–H and O–H groups in total. The van der Waals surface area contributed by atoms with Crippen molar-refractivity contribution in [2.24, 2.45) is 0 Å². The van der Waals surface area contributed by atoms with E-state index in [1.807, 2.05) is 0 Å². The molecule has 2 aromatic heterocycles. The number of carboxylic acids is 1. The van der Waals surface area contributed by atoms with Crippen LogP contribution in [0.25, 0.3) is 5.52 Å². The number of halogens is 1. The number of fused-ring (bicyclic) bond motifs is 1. The minimum Gasteiger partial charge on any atom is -0.543 e. The van der Waals surface area contributed by atoms with E-state index in [9.17, 15) is 14.3 Å². The molecule has 0 fully saturated rings. The third-order valence-corrected chi connectivity index (χ3v) is 3.48. The summed E-state index contributed by atoms with van der Waals surface area (Å²) in [6.07, 6.45) is 1.56. The average molecular weight is 337 g/mol. The normalized spacial score (nSPS) is 10.3. The first-order valence-electron chi connectivity index (χ1n) is 6.75. The number of hydrogen-bond acceptors (Lipinski definition) is 3. The van der Waals surface area contributed by atoms with Crippen LogP contribution in [0.4, 0.5) is 4.39 Å². The Labute approximate surface area is 175 Å². The van der Waals surface area contributed by atoms with Crippen molar-refractivity contribution >= 4 is 11.5 Å². The Morgan fingerprint density at radius 3 is 2.70 bits per heavy atom. The number of carboxylic acid groups (broad SMARTS) is 1. The van der Waals surface area contributed by atoms with Crippen molar-refractivity contribution in [3.63, 3.8) is 0 Å². The van der Waals surface area contributed by atoms with Gasteiger partial charge in [-0.3, -0.25) is 0 Å². The predicted molar refractivity (Wildman–Crippen MR) is 77.2 cm³/mol. The molecule has 3 rings (SSSR count). The van der Waals surface area contributed by atoms with Crippen molar-refractivity contribution in [2.45, 2.75) is 13.5 Å². The second-order valence-electron chi connectivity index (χ2n) is 5.00. The van der Waals surface area contributed by atoms with Crippen LogP contribution in [0, 0.1) is 12.7 Å². The summed E-state index contributed by atoms with van der Waals surface area (Å²) in [7, 11) is 0. The van der Waals surface area contributed by atoms with Crippen LogP contribution in [-0.4, -0.2) is 10.4 Å².